The Balaban J connectivity index is 2.73. The Kier molecular flexibility index (Phi) is 4.09. The van der Waals surface area contributed by atoms with Crippen molar-refractivity contribution >= 4 is 21.8 Å². The Morgan fingerprint density at radius 3 is 2.60 bits per heavy atom. The van der Waals surface area contributed by atoms with Crippen LogP contribution in [0.1, 0.15) is 15.9 Å². The van der Waals surface area contributed by atoms with Gasteiger partial charge in [-0.25, -0.2) is 4.39 Å². The number of nitrogens with two attached hydrogens (primary N) is 1. The maximum atomic E-state index is 14.4. The van der Waals surface area contributed by atoms with E-state index in [0.717, 1.165) is 10.0 Å². The standard InChI is InChI=1S/C15H13BrFNO2/c1-8-11(9-4-3-5-10(16)6-9)7-12(20-2)13(14(8)17)15(18)19/h3-7H,1-2H3,(H2,18,19). The molecule has 0 unspecified atom stereocenters. The summed E-state index contributed by atoms with van der Waals surface area (Å²) in [5.41, 5.74) is 6.83. The van der Waals surface area contributed by atoms with Gasteiger partial charge in [0.1, 0.15) is 17.1 Å². The molecule has 5 heteroatoms. The fraction of sp³-hybridized carbons (Fsp3) is 0.133. The van der Waals surface area contributed by atoms with Crippen LogP contribution in [-0.2, 0) is 0 Å². The van der Waals surface area contributed by atoms with E-state index in [0.29, 0.717) is 11.1 Å². The van der Waals surface area contributed by atoms with Crippen molar-refractivity contribution in [2.75, 3.05) is 7.11 Å². The molecule has 0 aliphatic heterocycles. The second-order valence-corrected chi connectivity index (χ2v) is 5.23. The van der Waals surface area contributed by atoms with Crippen LogP contribution < -0.4 is 10.5 Å². The van der Waals surface area contributed by atoms with Crippen LogP contribution in [0.15, 0.2) is 34.8 Å². The molecule has 0 bridgehead atoms. The first-order chi connectivity index (χ1) is 9.45. The van der Waals surface area contributed by atoms with Gasteiger partial charge in [0.05, 0.1) is 7.11 Å². The lowest BCUT2D eigenvalue weighted by atomic mass is 9.96. The van der Waals surface area contributed by atoms with Crippen LogP contribution >= 0.6 is 15.9 Å². The minimum absolute atomic E-state index is 0.135. The van der Waals surface area contributed by atoms with Crippen molar-refractivity contribution in [2.24, 2.45) is 5.73 Å². The van der Waals surface area contributed by atoms with Crippen molar-refractivity contribution in [1.29, 1.82) is 0 Å². The lowest BCUT2D eigenvalue weighted by Gasteiger charge is -2.14. The molecule has 20 heavy (non-hydrogen) atoms. The molecule has 0 saturated heterocycles. The van der Waals surface area contributed by atoms with Crippen molar-refractivity contribution in [3.05, 3.63) is 51.7 Å². The number of hydrogen-bond acceptors (Lipinski definition) is 2. The van der Waals surface area contributed by atoms with Crippen molar-refractivity contribution in [2.45, 2.75) is 6.92 Å². The van der Waals surface area contributed by atoms with Gasteiger partial charge in [-0.2, -0.15) is 0 Å². The van der Waals surface area contributed by atoms with Gasteiger partial charge in [0.25, 0.3) is 5.91 Å². The van der Waals surface area contributed by atoms with Crippen molar-refractivity contribution in [1.82, 2.24) is 0 Å². The van der Waals surface area contributed by atoms with Gasteiger partial charge in [-0.1, -0.05) is 28.1 Å². The zero-order chi connectivity index (χ0) is 14.9. The molecule has 0 atom stereocenters. The Morgan fingerprint density at radius 1 is 1.35 bits per heavy atom. The summed E-state index contributed by atoms with van der Waals surface area (Å²) in [6, 6.07) is 9.08. The van der Waals surface area contributed by atoms with E-state index in [-0.39, 0.29) is 11.3 Å². The summed E-state index contributed by atoms with van der Waals surface area (Å²) in [5, 5.41) is 0. The number of rotatable bonds is 3. The van der Waals surface area contributed by atoms with Gasteiger partial charge in [-0.3, -0.25) is 4.79 Å². The van der Waals surface area contributed by atoms with Gasteiger partial charge in [0.2, 0.25) is 0 Å². The third-order valence-corrected chi connectivity index (χ3v) is 3.57. The highest BCUT2D eigenvalue weighted by molar-refractivity contribution is 9.10. The molecule has 0 radical (unpaired) electrons. The predicted octanol–water partition coefficient (Wildman–Crippen LogP) is 3.67. The molecule has 0 saturated carbocycles. The number of ether oxygens (including phenoxy) is 1. The number of amides is 1. The molecule has 0 spiro atoms. The fourth-order valence-electron chi connectivity index (χ4n) is 2.07. The van der Waals surface area contributed by atoms with E-state index in [4.69, 9.17) is 10.5 Å². The summed E-state index contributed by atoms with van der Waals surface area (Å²) < 4.78 is 20.3. The van der Waals surface area contributed by atoms with Gasteiger partial charge >= 0.3 is 0 Å². The van der Waals surface area contributed by atoms with E-state index >= 15 is 0 Å². The number of carbonyl (C=O) groups excluding carboxylic acids is 1. The van der Waals surface area contributed by atoms with Crippen LogP contribution in [0.25, 0.3) is 11.1 Å². The average molecular weight is 338 g/mol. The van der Waals surface area contributed by atoms with Gasteiger partial charge in [-0.05, 0) is 41.8 Å². The SMILES string of the molecule is COc1cc(-c2cccc(Br)c2)c(C)c(F)c1C(N)=O. The van der Waals surface area contributed by atoms with Gasteiger partial charge in [-0.15, -0.1) is 0 Å². The number of primary amides is 1. The van der Waals surface area contributed by atoms with Crippen LogP contribution in [0.2, 0.25) is 0 Å². The largest absolute Gasteiger partial charge is 0.496 e. The molecule has 0 fully saturated rings. The number of hydrogen-bond donors (Lipinski definition) is 1. The number of halogens is 2. The summed E-state index contributed by atoms with van der Waals surface area (Å²) in [4.78, 5) is 11.4. The van der Waals surface area contributed by atoms with E-state index in [2.05, 4.69) is 15.9 Å². The average Bonchev–Trinajstić information content (AvgIpc) is 2.41. The maximum Gasteiger partial charge on any atom is 0.255 e. The van der Waals surface area contributed by atoms with E-state index in [1.54, 1.807) is 13.0 Å². The highest BCUT2D eigenvalue weighted by Gasteiger charge is 2.21. The van der Waals surface area contributed by atoms with Crippen molar-refractivity contribution in [3.8, 4) is 16.9 Å². The molecule has 2 aromatic carbocycles. The summed E-state index contributed by atoms with van der Waals surface area (Å²) >= 11 is 3.38. The van der Waals surface area contributed by atoms with Crippen molar-refractivity contribution in [3.63, 3.8) is 0 Å². The normalized spacial score (nSPS) is 10.4. The summed E-state index contributed by atoms with van der Waals surface area (Å²) in [6.07, 6.45) is 0. The quantitative estimate of drug-likeness (QED) is 0.928. The van der Waals surface area contributed by atoms with E-state index in [1.165, 1.54) is 7.11 Å². The number of methoxy groups -OCH3 is 1. The zero-order valence-corrected chi connectivity index (χ0v) is 12.6. The summed E-state index contributed by atoms with van der Waals surface area (Å²) in [6.45, 7) is 1.61. The Bertz CT molecular complexity index is 686. The molecular formula is C15H13BrFNO2. The summed E-state index contributed by atoms with van der Waals surface area (Å²) in [5.74, 6) is -1.36. The highest BCUT2D eigenvalue weighted by Crippen LogP contribution is 2.34. The number of carbonyl (C=O) groups is 1. The lowest BCUT2D eigenvalue weighted by molar-refractivity contribution is 0.0993. The minimum Gasteiger partial charge on any atom is -0.496 e. The molecule has 0 aliphatic rings. The Hall–Kier alpha value is -1.88. The molecule has 0 aromatic heterocycles. The van der Waals surface area contributed by atoms with Crippen LogP contribution in [0.5, 0.6) is 5.75 Å². The molecule has 2 rings (SSSR count). The third-order valence-electron chi connectivity index (χ3n) is 3.08. The van der Waals surface area contributed by atoms with Crippen LogP contribution in [0.4, 0.5) is 4.39 Å². The van der Waals surface area contributed by atoms with Gasteiger partial charge in [0.15, 0.2) is 0 Å². The van der Waals surface area contributed by atoms with Crippen LogP contribution in [0, 0.1) is 12.7 Å². The van der Waals surface area contributed by atoms with Gasteiger partial charge < -0.3 is 10.5 Å². The highest BCUT2D eigenvalue weighted by atomic mass is 79.9. The first-order valence-corrected chi connectivity index (χ1v) is 6.67. The van der Waals surface area contributed by atoms with E-state index < -0.39 is 11.7 Å². The molecule has 104 valence electrons. The predicted molar refractivity (Wildman–Crippen MR) is 79.3 cm³/mol. The minimum atomic E-state index is -0.844. The monoisotopic (exact) mass is 337 g/mol. The van der Waals surface area contributed by atoms with Crippen molar-refractivity contribution < 1.29 is 13.9 Å². The second kappa shape index (κ2) is 5.63. The third kappa shape index (κ3) is 2.54. The van der Waals surface area contributed by atoms with E-state index in [9.17, 15) is 9.18 Å². The molecule has 2 N–H and O–H groups in total. The smallest absolute Gasteiger partial charge is 0.255 e. The van der Waals surface area contributed by atoms with Crippen LogP contribution in [0.3, 0.4) is 0 Å². The molecule has 3 nitrogen and oxygen atoms in total. The molecule has 1 amide bonds. The number of benzene rings is 2. The zero-order valence-electron chi connectivity index (χ0n) is 11.0. The topological polar surface area (TPSA) is 52.3 Å². The second-order valence-electron chi connectivity index (χ2n) is 4.31. The Labute approximate surface area is 124 Å². The van der Waals surface area contributed by atoms with Gasteiger partial charge in [0, 0.05) is 4.47 Å². The first kappa shape index (κ1) is 14.5. The molecule has 0 aliphatic carbocycles. The fourth-order valence-corrected chi connectivity index (χ4v) is 2.47. The molecule has 2 aromatic rings. The first-order valence-electron chi connectivity index (χ1n) is 5.88. The Morgan fingerprint density at radius 2 is 2.05 bits per heavy atom. The molecular weight excluding hydrogens is 325 g/mol. The summed E-state index contributed by atoms with van der Waals surface area (Å²) in [7, 11) is 1.38. The van der Waals surface area contributed by atoms with Crippen LogP contribution in [-0.4, -0.2) is 13.0 Å². The lowest BCUT2D eigenvalue weighted by Crippen LogP contribution is -2.16. The molecule has 0 heterocycles. The van der Waals surface area contributed by atoms with E-state index in [1.807, 2.05) is 24.3 Å². The maximum absolute atomic E-state index is 14.4.